The molecule has 6 heteroatoms. The lowest BCUT2D eigenvalue weighted by molar-refractivity contribution is -0.147. The van der Waals surface area contributed by atoms with E-state index in [-0.39, 0.29) is 5.56 Å². The first-order chi connectivity index (χ1) is 8.86. The van der Waals surface area contributed by atoms with Gasteiger partial charge >= 0.3 is 5.97 Å². The number of methoxy groups -OCH3 is 1. The summed E-state index contributed by atoms with van der Waals surface area (Å²) < 4.78 is 6.29. The normalized spacial score (nSPS) is 11.3. The molecule has 0 aromatic carbocycles. The molecule has 0 aliphatic carbocycles. The van der Waals surface area contributed by atoms with E-state index in [1.807, 2.05) is 0 Å². The number of ether oxygens (including phenoxy) is 1. The van der Waals surface area contributed by atoms with E-state index in [0.29, 0.717) is 25.3 Å². The van der Waals surface area contributed by atoms with E-state index >= 15 is 0 Å². The van der Waals surface area contributed by atoms with E-state index < -0.39 is 11.4 Å². The van der Waals surface area contributed by atoms with E-state index in [1.54, 1.807) is 13.8 Å². The highest BCUT2D eigenvalue weighted by Gasteiger charge is 2.25. The number of unbranched alkanes of at least 4 members (excludes halogenated alkanes) is 1. The molecule has 0 bridgehead atoms. The molecule has 0 saturated heterocycles. The summed E-state index contributed by atoms with van der Waals surface area (Å²) in [4.78, 5) is 22.5. The Hall–Kier alpha value is -1.85. The van der Waals surface area contributed by atoms with Crippen LogP contribution in [0.25, 0.3) is 0 Å². The highest BCUT2D eigenvalue weighted by Crippen LogP contribution is 2.23. The smallest absolute Gasteiger partial charge is 0.309 e. The first kappa shape index (κ1) is 15.2. The summed E-state index contributed by atoms with van der Waals surface area (Å²) in [5.41, 5.74) is -0.912. The van der Waals surface area contributed by atoms with Gasteiger partial charge in [-0.05, 0) is 26.7 Å². The van der Waals surface area contributed by atoms with Gasteiger partial charge in [0.2, 0.25) is 5.88 Å². The monoisotopic (exact) mass is 268 g/mol. The molecule has 0 unspecified atom stereocenters. The standard InChI is InChI=1S/C13H20N2O4/c1-13(2,12(17)18)8-4-5-9-15-11(16)7-6-10(14-15)19-3/h6-7H,4-5,8-9H2,1-3H3,(H,17,18). The Labute approximate surface area is 112 Å². The van der Waals surface area contributed by atoms with Gasteiger partial charge in [-0.15, -0.1) is 5.10 Å². The van der Waals surface area contributed by atoms with Crippen molar-refractivity contribution in [3.63, 3.8) is 0 Å². The Balaban J connectivity index is 2.50. The van der Waals surface area contributed by atoms with Gasteiger partial charge in [-0.3, -0.25) is 9.59 Å². The zero-order chi connectivity index (χ0) is 14.5. The Morgan fingerprint density at radius 3 is 2.68 bits per heavy atom. The second kappa shape index (κ2) is 6.36. The van der Waals surface area contributed by atoms with Gasteiger partial charge in [0.05, 0.1) is 12.5 Å². The zero-order valence-electron chi connectivity index (χ0n) is 11.5. The van der Waals surface area contributed by atoms with Gasteiger partial charge in [-0.25, -0.2) is 4.68 Å². The maximum Gasteiger partial charge on any atom is 0.309 e. The number of rotatable bonds is 7. The Morgan fingerprint density at radius 1 is 1.42 bits per heavy atom. The third-order valence-corrected chi connectivity index (χ3v) is 3.05. The molecule has 0 aliphatic heterocycles. The Bertz CT molecular complexity index is 494. The molecule has 19 heavy (non-hydrogen) atoms. The van der Waals surface area contributed by atoms with Gasteiger partial charge in [0.1, 0.15) is 0 Å². The highest BCUT2D eigenvalue weighted by molar-refractivity contribution is 5.73. The average molecular weight is 268 g/mol. The van der Waals surface area contributed by atoms with Crippen LogP contribution in [0.3, 0.4) is 0 Å². The summed E-state index contributed by atoms with van der Waals surface area (Å²) in [6.07, 6.45) is 2.00. The van der Waals surface area contributed by atoms with E-state index in [2.05, 4.69) is 5.10 Å². The number of hydrogen-bond acceptors (Lipinski definition) is 4. The van der Waals surface area contributed by atoms with Crippen molar-refractivity contribution in [2.45, 2.75) is 39.7 Å². The van der Waals surface area contributed by atoms with Crippen molar-refractivity contribution in [2.24, 2.45) is 5.41 Å². The van der Waals surface area contributed by atoms with Crippen molar-refractivity contribution in [2.75, 3.05) is 7.11 Å². The number of aliphatic carboxylic acids is 1. The molecule has 106 valence electrons. The van der Waals surface area contributed by atoms with Crippen LogP contribution in [0.1, 0.15) is 33.1 Å². The lowest BCUT2D eigenvalue weighted by Gasteiger charge is -2.18. The van der Waals surface area contributed by atoms with Crippen LogP contribution in [0, 0.1) is 5.41 Å². The molecule has 0 fully saturated rings. The van der Waals surface area contributed by atoms with Crippen molar-refractivity contribution < 1.29 is 14.6 Å². The molecule has 0 amide bonds. The predicted octanol–water partition coefficient (Wildman–Crippen LogP) is 1.53. The molecular formula is C13H20N2O4. The molecule has 0 spiro atoms. The third-order valence-electron chi connectivity index (χ3n) is 3.05. The van der Waals surface area contributed by atoms with E-state index in [9.17, 15) is 9.59 Å². The van der Waals surface area contributed by atoms with Gasteiger partial charge in [-0.1, -0.05) is 6.42 Å². The maximum absolute atomic E-state index is 11.5. The minimum Gasteiger partial charge on any atom is -0.481 e. The van der Waals surface area contributed by atoms with E-state index in [0.717, 1.165) is 6.42 Å². The fourth-order valence-corrected chi connectivity index (χ4v) is 1.63. The van der Waals surface area contributed by atoms with Crippen molar-refractivity contribution in [3.8, 4) is 5.88 Å². The fraction of sp³-hybridized carbons (Fsp3) is 0.615. The molecule has 0 aliphatic rings. The second-order valence-electron chi connectivity index (χ2n) is 5.08. The number of aromatic nitrogens is 2. The van der Waals surface area contributed by atoms with Crippen LogP contribution in [-0.2, 0) is 11.3 Å². The van der Waals surface area contributed by atoms with Crippen LogP contribution in [0.2, 0.25) is 0 Å². The number of nitrogens with zero attached hydrogens (tertiary/aromatic N) is 2. The Morgan fingerprint density at radius 2 is 2.11 bits per heavy atom. The minimum atomic E-state index is -0.802. The first-order valence-electron chi connectivity index (χ1n) is 6.22. The zero-order valence-corrected chi connectivity index (χ0v) is 11.5. The van der Waals surface area contributed by atoms with Gasteiger partial charge in [0.25, 0.3) is 5.56 Å². The molecular weight excluding hydrogens is 248 g/mol. The summed E-state index contributed by atoms with van der Waals surface area (Å²) in [6, 6.07) is 2.93. The molecule has 0 radical (unpaired) electrons. The van der Waals surface area contributed by atoms with Crippen LogP contribution in [-0.4, -0.2) is 28.0 Å². The SMILES string of the molecule is COc1ccc(=O)n(CCCCC(C)(C)C(=O)O)n1. The topological polar surface area (TPSA) is 81.4 Å². The number of carboxylic acids is 1. The number of carbonyl (C=O) groups is 1. The van der Waals surface area contributed by atoms with Gasteiger partial charge in [-0.2, -0.15) is 0 Å². The molecule has 0 atom stereocenters. The highest BCUT2D eigenvalue weighted by atomic mass is 16.5. The number of carboxylic acid groups (broad SMARTS) is 1. The molecule has 1 rings (SSSR count). The summed E-state index contributed by atoms with van der Waals surface area (Å²) >= 11 is 0. The molecule has 1 aromatic heterocycles. The number of aryl methyl sites for hydroxylation is 1. The quantitative estimate of drug-likeness (QED) is 0.758. The van der Waals surface area contributed by atoms with E-state index in [4.69, 9.17) is 9.84 Å². The van der Waals surface area contributed by atoms with Crippen LogP contribution >= 0.6 is 0 Å². The van der Waals surface area contributed by atoms with Crippen LogP contribution in [0.4, 0.5) is 0 Å². The maximum atomic E-state index is 11.5. The minimum absolute atomic E-state index is 0.182. The average Bonchev–Trinajstić information content (AvgIpc) is 2.36. The summed E-state index contributed by atoms with van der Waals surface area (Å²) in [6.45, 7) is 3.86. The molecule has 6 nitrogen and oxygen atoms in total. The van der Waals surface area contributed by atoms with Crippen LogP contribution < -0.4 is 10.3 Å². The molecule has 1 heterocycles. The lowest BCUT2D eigenvalue weighted by atomic mass is 9.87. The van der Waals surface area contributed by atoms with Crippen molar-refractivity contribution >= 4 is 5.97 Å². The molecule has 0 saturated carbocycles. The molecule has 1 aromatic rings. The largest absolute Gasteiger partial charge is 0.481 e. The van der Waals surface area contributed by atoms with Gasteiger partial charge in [0, 0.05) is 18.7 Å². The summed E-state index contributed by atoms with van der Waals surface area (Å²) in [5.74, 6) is -0.408. The van der Waals surface area contributed by atoms with E-state index in [1.165, 1.54) is 23.9 Å². The van der Waals surface area contributed by atoms with Crippen molar-refractivity contribution in [1.29, 1.82) is 0 Å². The van der Waals surface area contributed by atoms with Gasteiger partial charge < -0.3 is 9.84 Å². The van der Waals surface area contributed by atoms with Crippen molar-refractivity contribution in [1.82, 2.24) is 9.78 Å². The first-order valence-corrected chi connectivity index (χ1v) is 6.22. The lowest BCUT2D eigenvalue weighted by Crippen LogP contribution is -2.24. The fourth-order valence-electron chi connectivity index (χ4n) is 1.63. The van der Waals surface area contributed by atoms with Crippen LogP contribution in [0.15, 0.2) is 16.9 Å². The third kappa shape index (κ3) is 4.39. The molecule has 1 N–H and O–H groups in total. The summed E-state index contributed by atoms with van der Waals surface area (Å²) in [5, 5.41) is 13.0. The predicted molar refractivity (Wildman–Crippen MR) is 70.3 cm³/mol. The Kier molecular flexibility index (Phi) is 5.09. The van der Waals surface area contributed by atoms with Crippen molar-refractivity contribution in [3.05, 3.63) is 22.5 Å². The van der Waals surface area contributed by atoms with Gasteiger partial charge in [0.15, 0.2) is 0 Å². The number of hydrogen-bond donors (Lipinski definition) is 1. The van der Waals surface area contributed by atoms with Crippen LogP contribution in [0.5, 0.6) is 5.88 Å². The second-order valence-corrected chi connectivity index (χ2v) is 5.08. The summed E-state index contributed by atoms with van der Waals surface area (Å²) in [7, 11) is 1.49.